The lowest BCUT2D eigenvalue weighted by molar-refractivity contribution is -0.119. The maximum absolute atomic E-state index is 12.3. The number of nitrogens with zero attached hydrogens (tertiary/aromatic N) is 1. The van der Waals surface area contributed by atoms with E-state index in [-0.39, 0.29) is 24.0 Å². The minimum atomic E-state index is -0.357. The van der Waals surface area contributed by atoms with Gasteiger partial charge in [-0.3, -0.25) is 9.59 Å². The zero-order valence-corrected chi connectivity index (χ0v) is 11.2. The molecule has 1 aliphatic rings. The average molecular weight is 265 g/mol. The predicted octanol–water partition coefficient (Wildman–Crippen LogP) is 3.02. The van der Waals surface area contributed by atoms with Crippen molar-refractivity contribution in [2.75, 3.05) is 11.9 Å². The zero-order valence-electron chi connectivity index (χ0n) is 11.2. The van der Waals surface area contributed by atoms with Crippen LogP contribution in [0.15, 0.2) is 54.6 Å². The van der Waals surface area contributed by atoms with Gasteiger partial charge in [-0.15, -0.1) is 0 Å². The predicted molar refractivity (Wildman–Crippen MR) is 78.0 cm³/mol. The first-order valence-electron chi connectivity index (χ1n) is 6.63. The quantitative estimate of drug-likeness (QED) is 0.800. The summed E-state index contributed by atoms with van der Waals surface area (Å²) in [6.07, 6.45) is 0.226. The van der Waals surface area contributed by atoms with Crippen molar-refractivity contribution in [1.82, 2.24) is 0 Å². The molecule has 1 atom stereocenters. The molecule has 3 heteroatoms. The molecule has 1 aliphatic heterocycles. The summed E-state index contributed by atoms with van der Waals surface area (Å²) in [5, 5.41) is 0. The molecular weight excluding hydrogens is 250 g/mol. The van der Waals surface area contributed by atoms with Crippen molar-refractivity contribution in [2.45, 2.75) is 12.3 Å². The molecule has 3 nitrogen and oxygen atoms in total. The maximum Gasteiger partial charge on any atom is 0.234 e. The van der Waals surface area contributed by atoms with E-state index >= 15 is 0 Å². The van der Waals surface area contributed by atoms with Gasteiger partial charge in [0, 0.05) is 24.7 Å². The van der Waals surface area contributed by atoms with Crippen molar-refractivity contribution in [3.63, 3.8) is 0 Å². The number of rotatable bonds is 3. The van der Waals surface area contributed by atoms with Crippen molar-refractivity contribution in [3.05, 3.63) is 65.7 Å². The van der Waals surface area contributed by atoms with Gasteiger partial charge in [0.05, 0.1) is 5.92 Å². The molecule has 0 N–H and O–H groups in total. The highest BCUT2D eigenvalue weighted by Gasteiger charge is 2.36. The molecule has 1 unspecified atom stereocenters. The van der Waals surface area contributed by atoms with E-state index < -0.39 is 0 Å². The van der Waals surface area contributed by atoms with Crippen LogP contribution in [0.1, 0.15) is 28.3 Å². The Morgan fingerprint density at radius 1 is 1.05 bits per heavy atom. The van der Waals surface area contributed by atoms with Crippen molar-refractivity contribution in [3.8, 4) is 0 Å². The molecule has 0 spiro atoms. The second kappa shape index (κ2) is 4.93. The molecule has 1 amide bonds. The van der Waals surface area contributed by atoms with Gasteiger partial charge in [0.2, 0.25) is 5.91 Å². The van der Waals surface area contributed by atoms with Crippen LogP contribution in [0.25, 0.3) is 0 Å². The van der Waals surface area contributed by atoms with Crippen LogP contribution in [-0.2, 0) is 4.79 Å². The number of para-hydroxylation sites is 1. The second-order valence-electron chi connectivity index (χ2n) is 5.00. The van der Waals surface area contributed by atoms with Gasteiger partial charge < -0.3 is 4.90 Å². The number of carbonyl (C=O) groups excluding carboxylic acids is 2. The SMILES string of the molecule is CN1C(=O)C(CC(=O)c2ccccc2)c2ccccc21. The number of Topliss-reactive ketones (excluding diaryl/α,β-unsaturated/α-hetero) is 1. The summed E-state index contributed by atoms with van der Waals surface area (Å²) in [6.45, 7) is 0. The van der Waals surface area contributed by atoms with Crippen molar-refractivity contribution >= 4 is 17.4 Å². The van der Waals surface area contributed by atoms with E-state index in [1.807, 2.05) is 42.5 Å². The minimum Gasteiger partial charge on any atom is -0.315 e. The van der Waals surface area contributed by atoms with E-state index in [1.54, 1.807) is 24.1 Å². The number of benzene rings is 2. The van der Waals surface area contributed by atoms with E-state index in [9.17, 15) is 9.59 Å². The highest BCUT2D eigenvalue weighted by atomic mass is 16.2. The third-order valence-corrected chi connectivity index (χ3v) is 3.79. The van der Waals surface area contributed by atoms with Crippen molar-refractivity contribution < 1.29 is 9.59 Å². The van der Waals surface area contributed by atoms with Gasteiger partial charge in [-0.05, 0) is 11.6 Å². The monoisotopic (exact) mass is 265 g/mol. The van der Waals surface area contributed by atoms with E-state index in [2.05, 4.69) is 0 Å². The number of hydrogen-bond donors (Lipinski definition) is 0. The number of fused-ring (bicyclic) bond motifs is 1. The number of ketones is 1. The largest absolute Gasteiger partial charge is 0.315 e. The minimum absolute atomic E-state index is 0.00418. The van der Waals surface area contributed by atoms with Crippen LogP contribution in [0.5, 0.6) is 0 Å². The molecule has 3 rings (SSSR count). The Morgan fingerprint density at radius 2 is 1.70 bits per heavy atom. The fourth-order valence-electron chi connectivity index (χ4n) is 2.70. The van der Waals surface area contributed by atoms with Crippen LogP contribution >= 0.6 is 0 Å². The molecule has 0 fully saturated rings. The number of likely N-dealkylation sites (N-methyl/N-ethyl adjacent to an activating group) is 1. The molecular formula is C17H15NO2. The molecule has 0 saturated carbocycles. The lowest BCUT2D eigenvalue weighted by Crippen LogP contribution is -2.25. The normalized spacial score (nSPS) is 17.1. The van der Waals surface area contributed by atoms with Gasteiger partial charge in [0.15, 0.2) is 5.78 Å². The van der Waals surface area contributed by atoms with Crippen LogP contribution in [0.4, 0.5) is 5.69 Å². The molecule has 0 aromatic heterocycles. The topological polar surface area (TPSA) is 37.4 Å². The molecule has 100 valence electrons. The molecule has 1 heterocycles. The summed E-state index contributed by atoms with van der Waals surface area (Å²) in [5.74, 6) is -0.353. The lowest BCUT2D eigenvalue weighted by Gasteiger charge is -2.10. The molecule has 2 aromatic carbocycles. The summed E-state index contributed by atoms with van der Waals surface area (Å²) in [4.78, 5) is 26.2. The van der Waals surface area contributed by atoms with Gasteiger partial charge in [-0.1, -0.05) is 48.5 Å². The Morgan fingerprint density at radius 3 is 2.45 bits per heavy atom. The van der Waals surface area contributed by atoms with Gasteiger partial charge in [0.25, 0.3) is 0 Å². The lowest BCUT2D eigenvalue weighted by atomic mass is 9.93. The third-order valence-electron chi connectivity index (χ3n) is 3.79. The van der Waals surface area contributed by atoms with E-state index in [4.69, 9.17) is 0 Å². The Balaban J connectivity index is 1.89. The van der Waals surface area contributed by atoms with Gasteiger partial charge in [-0.2, -0.15) is 0 Å². The van der Waals surface area contributed by atoms with Gasteiger partial charge in [0.1, 0.15) is 0 Å². The fraction of sp³-hybridized carbons (Fsp3) is 0.176. The summed E-state index contributed by atoms with van der Waals surface area (Å²) < 4.78 is 0. The second-order valence-corrected chi connectivity index (χ2v) is 5.00. The third kappa shape index (κ3) is 2.01. The summed E-state index contributed by atoms with van der Waals surface area (Å²) in [5.41, 5.74) is 2.51. The molecule has 0 aliphatic carbocycles. The number of carbonyl (C=O) groups is 2. The fourth-order valence-corrected chi connectivity index (χ4v) is 2.70. The molecule has 0 radical (unpaired) electrons. The highest BCUT2D eigenvalue weighted by Crippen LogP contribution is 2.38. The van der Waals surface area contributed by atoms with Crippen molar-refractivity contribution in [1.29, 1.82) is 0 Å². The zero-order chi connectivity index (χ0) is 14.1. The van der Waals surface area contributed by atoms with Crippen LogP contribution < -0.4 is 4.90 Å². The molecule has 0 saturated heterocycles. The Hall–Kier alpha value is -2.42. The highest BCUT2D eigenvalue weighted by molar-refractivity contribution is 6.08. The van der Waals surface area contributed by atoms with Crippen LogP contribution in [0.3, 0.4) is 0 Å². The summed E-state index contributed by atoms with van der Waals surface area (Å²) in [6, 6.07) is 16.8. The van der Waals surface area contributed by atoms with Crippen LogP contribution in [-0.4, -0.2) is 18.7 Å². The van der Waals surface area contributed by atoms with Gasteiger partial charge in [-0.25, -0.2) is 0 Å². The molecule has 2 aromatic rings. The van der Waals surface area contributed by atoms with Crippen molar-refractivity contribution in [2.24, 2.45) is 0 Å². The number of hydrogen-bond acceptors (Lipinski definition) is 2. The first kappa shape index (κ1) is 12.6. The first-order valence-corrected chi connectivity index (χ1v) is 6.63. The number of anilines is 1. The average Bonchev–Trinajstić information content (AvgIpc) is 2.74. The molecule has 20 heavy (non-hydrogen) atoms. The molecule has 0 bridgehead atoms. The standard InChI is InChI=1S/C17H15NO2/c1-18-15-10-6-5-9-13(15)14(17(18)20)11-16(19)12-7-3-2-4-8-12/h2-10,14H,11H2,1H3. The number of amides is 1. The van der Waals surface area contributed by atoms with E-state index in [0.717, 1.165) is 11.3 Å². The van der Waals surface area contributed by atoms with Crippen LogP contribution in [0, 0.1) is 0 Å². The Labute approximate surface area is 117 Å². The Kier molecular flexibility index (Phi) is 3.11. The maximum atomic E-state index is 12.3. The first-order chi connectivity index (χ1) is 9.68. The smallest absolute Gasteiger partial charge is 0.234 e. The summed E-state index contributed by atoms with van der Waals surface area (Å²) in [7, 11) is 1.76. The van der Waals surface area contributed by atoms with E-state index in [0.29, 0.717) is 5.56 Å². The Bertz CT molecular complexity index is 664. The summed E-state index contributed by atoms with van der Waals surface area (Å²) >= 11 is 0. The van der Waals surface area contributed by atoms with Crippen LogP contribution in [0.2, 0.25) is 0 Å². The van der Waals surface area contributed by atoms with Gasteiger partial charge >= 0.3 is 0 Å². The van der Waals surface area contributed by atoms with E-state index in [1.165, 1.54) is 0 Å².